The van der Waals surface area contributed by atoms with Gasteiger partial charge in [0.1, 0.15) is 11.6 Å². The first-order valence-corrected chi connectivity index (χ1v) is 10.7. The molecular formula is C25H24N6O. The van der Waals surface area contributed by atoms with E-state index in [1.807, 2.05) is 13.0 Å². The van der Waals surface area contributed by atoms with Gasteiger partial charge in [0, 0.05) is 44.1 Å². The lowest BCUT2D eigenvalue weighted by Gasteiger charge is -2.35. The van der Waals surface area contributed by atoms with Crippen molar-refractivity contribution in [3.63, 3.8) is 0 Å². The van der Waals surface area contributed by atoms with E-state index in [1.54, 1.807) is 23.0 Å². The van der Waals surface area contributed by atoms with Gasteiger partial charge in [-0.25, -0.2) is 19.5 Å². The van der Waals surface area contributed by atoms with Gasteiger partial charge in [0.25, 0.3) is 5.56 Å². The predicted molar refractivity (Wildman–Crippen MR) is 125 cm³/mol. The van der Waals surface area contributed by atoms with Crippen molar-refractivity contribution in [3.8, 4) is 16.9 Å². The summed E-state index contributed by atoms with van der Waals surface area (Å²) in [6.45, 7) is 4.05. The van der Waals surface area contributed by atoms with Crippen molar-refractivity contribution in [1.82, 2.24) is 24.8 Å². The molecule has 0 radical (unpaired) electrons. The maximum Gasteiger partial charge on any atom is 0.260 e. The SMILES string of the molecule is Cc1nccc(-n2c(N3CCNC(c4ccc(-c5ccccc5)cc4)C3)nccc2=O)n1. The zero-order chi connectivity index (χ0) is 21.9. The van der Waals surface area contributed by atoms with Crippen molar-refractivity contribution in [2.75, 3.05) is 24.5 Å². The number of nitrogens with one attached hydrogen (secondary N) is 1. The summed E-state index contributed by atoms with van der Waals surface area (Å²) in [5.41, 5.74) is 3.45. The van der Waals surface area contributed by atoms with Gasteiger partial charge in [-0.05, 0) is 29.7 Å². The van der Waals surface area contributed by atoms with Crippen LogP contribution in [-0.4, -0.2) is 39.2 Å². The van der Waals surface area contributed by atoms with E-state index in [0.29, 0.717) is 24.1 Å². The maximum atomic E-state index is 12.7. The Balaban J connectivity index is 1.43. The smallest absolute Gasteiger partial charge is 0.260 e. The number of aromatic nitrogens is 4. The molecule has 1 N–H and O–H groups in total. The minimum atomic E-state index is -0.157. The monoisotopic (exact) mass is 424 g/mol. The van der Waals surface area contributed by atoms with E-state index in [0.717, 1.165) is 13.1 Å². The van der Waals surface area contributed by atoms with Crippen LogP contribution in [0, 0.1) is 6.92 Å². The molecule has 7 nitrogen and oxygen atoms in total. The summed E-state index contributed by atoms with van der Waals surface area (Å²) in [4.78, 5) is 28.0. The number of rotatable bonds is 4. The molecule has 1 aliphatic heterocycles. The van der Waals surface area contributed by atoms with Crippen molar-refractivity contribution < 1.29 is 0 Å². The largest absolute Gasteiger partial charge is 0.339 e. The van der Waals surface area contributed by atoms with Crippen LogP contribution in [0.2, 0.25) is 0 Å². The first-order valence-electron chi connectivity index (χ1n) is 10.7. The van der Waals surface area contributed by atoms with Crippen LogP contribution in [-0.2, 0) is 0 Å². The molecule has 32 heavy (non-hydrogen) atoms. The van der Waals surface area contributed by atoms with Crippen molar-refractivity contribution in [3.05, 3.63) is 101 Å². The molecule has 1 aliphatic rings. The van der Waals surface area contributed by atoms with Gasteiger partial charge < -0.3 is 10.2 Å². The minimum absolute atomic E-state index is 0.131. The van der Waals surface area contributed by atoms with Gasteiger partial charge >= 0.3 is 0 Å². The van der Waals surface area contributed by atoms with E-state index in [1.165, 1.54) is 22.8 Å². The number of hydrogen-bond donors (Lipinski definition) is 1. The number of benzene rings is 2. The second-order valence-corrected chi connectivity index (χ2v) is 7.82. The van der Waals surface area contributed by atoms with Gasteiger partial charge in [-0.15, -0.1) is 0 Å². The molecule has 7 heteroatoms. The summed E-state index contributed by atoms with van der Waals surface area (Å²) < 4.78 is 1.57. The highest BCUT2D eigenvalue weighted by atomic mass is 16.1. The molecule has 160 valence electrons. The zero-order valence-electron chi connectivity index (χ0n) is 17.8. The number of anilines is 1. The quantitative estimate of drug-likeness (QED) is 0.542. The van der Waals surface area contributed by atoms with Crippen molar-refractivity contribution in [2.45, 2.75) is 13.0 Å². The Kier molecular flexibility index (Phi) is 5.47. The van der Waals surface area contributed by atoms with E-state index >= 15 is 0 Å². The molecule has 1 saturated heterocycles. The van der Waals surface area contributed by atoms with Gasteiger partial charge in [0.15, 0.2) is 0 Å². The third-order valence-corrected chi connectivity index (χ3v) is 5.70. The van der Waals surface area contributed by atoms with Crippen LogP contribution in [0.4, 0.5) is 5.95 Å². The topological polar surface area (TPSA) is 75.9 Å². The lowest BCUT2D eigenvalue weighted by Crippen LogP contribution is -2.47. The third kappa shape index (κ3) is 4.02. The van der Waals surface area contributed by atoms with Crippen LogP contribution in [0.15, 0.2) is 83.9 Å². The Bertz CT molecular complexity index is 1270. The van der Waals surface area contributed by atoms with E-state index in [-0.39, 0.29) is 11.6 Å². The number of piperazine rings is 1. The molecule has 1 atom stereocenters. The van der Waals surface area contributed by atoms with E-state index in [9.17, 15) is 4.79 Å². The van der Waals surface area contributed by atoms with Crippen LogP contribution >= 0.6 is 0 Å². The average Bonchev–Trinajstić information content (AvgIpc) is 2.85. The van der Waals surface area contributed by atoms with E-state index in [2.05, 4.69) is 73.7 Å². The normalized spacial score (nSPS) is 16.2. The first-order chi connectivity index (χ1) is 15.7. The Labute approximate surface area is 186 Å². The van der Waals surface area contributed by atoms with Gasteiger partial charge in [0.2, 0.25) is 5.95 Å². The Morgan fingerprint density at radius 3 is 2.44 bits per heavy atom. The molecule has 3 heterocycles. The minimum Gasteiger partial charge on any atom is -0.339 e. The summed E-state index contributed by atoms with van der Waals surface area (Å²) in [6.07, 6.45) is 3.23. The highest BCUT2D eigenvalue weighted by molar-refractivity contribution is 5.63. The average molecular weight is 425 g/mol. The van der Waals surface area contributed by atoms with Crippen LogP contribution in [0.25, 0.3) is 16.9 Å². The highest BCUT2D eigenvalue weighted by Gasteiger charge is 2.24. The van der Waals surface area contributed by atoms with Crippen molar-refractivity contribution in [1.29, 1.82) is 0 Å². The van der Waals surface area contributed by atoms with Crippen LogP contribution in [0.5, 0.6) is 0 Å². The molecule has 5 rings (SSSR count). The van der Waals surface area contributed by atoms with Gasteiger partial charge in [-0.2, -0.15) is 0 Å². The molecule has 1 unspecified atom stereocenters. The third-order valence-electron chi connectivity index (χ3n) is 5.70. The lowest BCUT2D eigenvalue weighted by molar-refractivity contribution is 0.464. The van der Waals surface area contributed by atoms with Crippen LogP contribution < -0.4 is 15.8 Å². The fourth-order valence-electron chi connectivity index (χ4n) is 4.10. The summed E-state index contributed by atoms with van der Waals surface area (Å²) in [6, 6.07) is 22.3. The lowest BCUT2D eigenvalue weighted by atomic mass is 9.99. The molecule has 0 aliphatic carbocycles. The molecule has 2 aromatic carbocycles. The second kappa shape index (κ2) is 8.72. The van der Waals surface area contributed by atoms with E-state index in [4.69, 9.17) is 0 Å². The first kappa shape index (κ1) is 20.1. The molecule has 0 saturated carbocycles. The van der Waals surface area contributed by atoms with Gasteiger partial charge in [-0.3, -0.25) is 4.79 Å². The van der Waals surface area contributed by atoms with Gasteiger partial charge in [0.05, 0.1) is 0 Å². The summed E-state index contributed by atoms with van der Waals surface area (Å²) in [7, 11) is 0. The highest BCUT2D eigenvalue weighted by Crippen LogP contribution is 2.25. The standard InChI is InChI=1S/C25H24N6O/c1-18-26-13-11-23(29-18)31-24(32)12-14-28-25(31)30-16-15-27-22(17-30)21-9-7-20(8-10-21)19-5-3-2-4-6-19/h2-14,22,27H,15-17H2,1H3. The maximum absolute atomic E-state index is 12.7. The fourth-order valence-corrected chi connectivity index (χ4v) is 4.10. The number of aryl methyl sites for hydroxylation is 1. The fraction of sp³-hybridized carbons (Fsp3) is 0.200. The summed E-state index contributed by atoms with van der Waals surface area (Å²) >= 11 is 0. The molecule has 0 bridgehead atoms. The van der Waals surface area contributed by atoms with E-state index < -0.39 is 0 Å². The molecule has 1 fully saturated rings. The van der Waals surface area contributed by atoms with Gasteiger partial charge in [-0.1, -0.05) is 54.6 Å². The second-order valence-electron chi connectivity index (χ2n) is 7.82. The molecule has 4 aromatic rings. The Morgan fingerprint density at radius 2 is 1.66 bits per heavy atom. The predicted octanol–water partition coefficient (Wildman–Crippen LogP) is 3.15. The molecule has 0 amide bonds. The Hall–Kier alpha value is -3.84. The van der Waals surface area contributed by atoms with Crippen LogP contribution in [0.1, 0.15) is 17.4 Å². The molecule has 0 spiro atoms. The Morgan fingerprint density at radius 1 is 0.906 bits per heavy atom. The summed E-state index contributed by atoms with van der Waals surface area (Å²) in [5.74, 6) is 1.75. The van der Waals surface area contributed by atoms with Crippen molar-refractivity contribution in [2.24, 2.45) is 0 Å². The zero-order valence-corrected chi connectivity index (χ0v) is 17.8. The molecule has 2 aromatic heterocycles. The summed E-state index contributed by atoms with van der Waals surface area (Å²) in [5, 5.41) is 3.59. The van der Waals surface area contributed by atoms with Crippen molar-refractivity contribution >= 4 is 5.95 Å². The number of nitrogens with zero attached hydrogens (tertiary/aromatic N) is 5. The number of hydrogen-bond acceptors (Lipinski definition) is 6. The molecular weight excluding hydrogens is 400 g/mol. The van der Waals surface area contributed by atoms with Crippen LogP contribution in [0.3, 0.4) is 0 Å².